The smallest absolute Gasteiger partial charge is 0.225 e. The minimum atomic E-state index is -0.398. The average Bonchev–Trinajstić information content (AvgIpc) is 1.98. The van der Waals surface area contributed by atoms with Crippen LogP contribution in [0.4, 0.5) is 0 Å². The van der Waals surface area contributed by atoms with Gasteiger partial charge in [0.15, 0.2) is 0 Å². The van der Waals surface area contributed by atoms with Crippen LogP contribution < -0.4 is 5.32 Å². The van der Waals surface area contributed by atoms with Crippen molar-refractivity contribution in [1.82, 2.24) is 5.32 Å². The van der Waals surface area contributed by atoms with Crippen LogP contribution in [0.25, 0.3) is 0 Å². The fourth-order valence-electron chi connectivity index (χ4n) is 1.30. The van der Waals surface area contributed by atoms with E-state index in [4.69, 9.17) is 0 Å². The Hall–Kier alpha value is -0.570. The van der Waals surface area contributed by atoms with Crippen LogP contribution in [0.5, 0.6) is 0 Å². The van der Waals surface area contributed by atoms with Crippen molar-refractivity contribution >= 4 is 5.91 Å². The van der Waals surface area contributed by atoms with Gasteiger partial charge in [-0.3, -0.25) is 4.79 Å². The monoisotopic (exact) mass is 215 g/mol. The lowest BCUT2D eigenvalue weighted by molar-refractivity contribution is -0.129. The molecular formula is C12H25NO2. The molecule has 0 rings (SSSR count). The summed E-state index contributed by atoms with van der Waals surface area (Å²) < 4.78 is 0. The molecule has 0 aliphatic heterocycles. The molecule has 0 spiro atoms. The van der Waals surface area contributed by atoms with Crippen molar-refractivity contribution in [2.75, 3.05) is 6.61 Å². The van der Waals surface area contributed by atoms with Crippen molar-refractivity contribution in [2.24, 2.45) is 10.8 Å². The molecule has 3 heteroatoms. The van der Waals surface area contributed by atoms with Gasteiger partial charge >= 0.3 is 0 Å². The number of hydrogen-bond acceptors (Lipinski definition) is 2. The topological polar surface area (TPSA) is 49.3 Å². The zero-order chi connectivity index (χ0) is 12.3. The van der Waals surface area contributed by atoms with Gasteiger partial charge in [-0.25, -0.2) is 0 Å². The second-order valence-corrected chi connectivity index (χ2v) is 6.37. The summed E-state index contributed by atoms with van der Waals surface area (Å²) in [4.78, 5) is 11.7. The van der Waals surface area contributed by atoms with E-state index in [-0.39, 0.29) is 24.0 Å². The second kappa shape index (κ2) is 4.97. The number of aliphatic hydroxyl groups excluding tert-OH is 1. The van der Waals surface area contributed by atoms with E-state index in [0.717, 1.165) is 6.42 Å². The third-order valence-electron chi connectivity index (χ3n) is 2.10. The number of aliphatic hydroxyl groups is 1. The van der Waals surface area contributed by atoms with Crippen molar-refractivity contribution in [3.63, 3.8) is 0 Å². The maximum atomic E-state index is 11.7. The van der Waals surface area contributed by atoms with Gasteiger partial charge in [-0.1, -0.05) is 41.5 Å². The molecule has 0 aliphatic rings. The zero-order valence-corrected chi connectivity index (χ0v) is 10.8. The molecule has 3 nitrogen and oxygen atoms in total. The van der Waals surface area contributed by atoms with Gasteiger partial charge < -0.3 is 10.4 Å². The molecule has 1 atom stereocenters. The molecule has 0 aromatic heterocycles. The number of hydrogen-bond donors (Lipinski definition) is 2. The Morgan fingerprint density at radius 1 is 1.20 bits per heavy atom. The lowest BCUT2D eigenvalue weighted by Gasteiger charge is -2.28. The van der Waals surface area contributed by atoms with Crippen LogP contribution in [0.3, 0.4) is 0 Å². The first kappa shape index (κ1) is 14.4. The minimum absolute atomic E-state index is 0.000903. The van der Waals surface area contributed by atoms with Crippen LogP contribution in [0, 0.1) is 10.8 Å². The second-order valence-electron chi connectivity index (χ2n) is 6.37. The van der Waals surface area contributed by atoms with Crippen LogP contribution in [0.15, 0.2) is 0 Å². The zero-order valence-electron chi connectivity index (χ0n) is 10.8. The highest BCUT2D eigenvalue weighted by atomic mass is 16.3. The molecule has 1 amide bonds. The van der Waals surface area contributed by atoms with Gasteiger partial charge in [0.05, 0.1) is 12.6 Å². The average molecular weight is 215 g/mol. The molecular weight excluding hydrogens is 190 g/mol. The highest BCUT2D eigenvalue weighted by Gasteiger charge is 2.25. The molecule has 90 valence electrons. The van der Waals surface area contributed by atoms with E-state index in [1.165, 1.54) is 0 Å². The van der Waals surface area contributed by atoms with E-state index in [1.54, 1.807) is 0 Å². The molecule has 2 N–H and O–H groups in total. The summed E-state index contributed by atoms with van der Waals surface area (Å²) >= 11 is 0. The van der Waals surface area contributed by atoms with Crippen molar-refractivity contribution in [3.05, 3.63) is 0 Å². The van der Waals surface area contributed by atoms with E-state index in [1.807, 2.05) is 20.8 Å². The predicted molar refractivity (Wildman–Crippen MR) is 62.5 cm³/mol. The van der Waals surface area contributed by atoms with Gasteiger partial charge in [-0.2, -0.15) is 0 Å². The third-order valence-corrected chi connectivity index (χ3v) is 2.10. The van der Waals surface area contributed by atoms with Crippen molar-refractivity contribution in [3.8, 4) is 0 Å². The molecule has 0 aromatic rings. The van der Waals surface area contributed by atoms with Gasteiger partial charge in [0.25, 0.3) is 0 Å². The van der Waals surface area contributed by atoms with Crippen molar-refractivity contribution in [2.45, 2.75) is 54.0 Å². The quantitative estimate of drug-likeness (QED) is 0.756. The van der Waals surface area contributed by atoms with Crippen LogP contribution in [-0.2, 0) is 4.79 Å². The fraction of sp³-hybridized carbons (Fsp3) is 0.917. The number of nitrogens with one attached hydrogen (secondary N) is 1. The molecule has 0 aliphatic carbocycles. The summed E-state index contributed by atoms with van der Waals surface area (Å²) in [6, 6.07) is -0.142. The third kappa shape index (κ3) is 6.50. The maximum absolute atomic E-state index is 11.7. The first-order valence-electron chi connectivity index (χ1n) is 5.48. The Labute approximate surface area is 93.3 Å². The molecule has 0 fully saturated rings. The van der Waals surface area contributed by atoms with Crippen LogP contribution in [0.2, 0.25) is 0 Å². The largest absolute Gasteiger partial charge is 0.394 e. The molecule has 0 unspecified atom stereocenters. The van der Waals surface area contributed by atoms with E-state index >= 15 is 0 Å². The number of rotatable bonds is 3. The summed E-state index contributed by atoms with van der Waals surface area (Å²) in [7, 11) is 0. The molecule has 0 heterocycles. The van der Waals surface area contributed by atoms with Crippen molar-refractivity contribution in [1.29, 1.82) is 0 Å². The Morgan fingerprint density at radius 2 is 1.67 bits per heavy atom. The van der Waals surface area contributed by atoms with E-state index in [2.05, 4.69) is 26.1 Å². The highest BCUT2D eigenvalue weighted by molar-refractivity contribution is 5.81. The molecule has 0 saturated carbocycles. The van der Waals surface area contributed by atoms with E-state index in [9.17, 15) is 9.90 Å². The van der Waals surface area contributed by atoms with E-state index < -0.39 is 5.41 Å². The van der Waals surface area contributed by atoms with Gasteiger partial charge in [-0.05, 0) is 11.8 Å². The van der Waals surface area contributed by atoms with Gasteiger partial charge in [0, 0.05) is 5.41 Å². The Kier molecular flexibility index (Phi) is 4.78. The predicted octanol–water partition coefficient (Wildman–Crippen LogP) is 1.95. The minimum Gasteiger partial charge on any atom is -0.394 e. The number of carbonyl (C=O) groups is 1. The van der Waals surface area contributed by atoms with Crippen LogP contribution in [0.1, 0.15) is 48.0 Å². The Balaban J connectivity index is 4.29. The normalized spacial score (nSPS) is 14.9. The standard InChI is InChI=1S/C12H25NO2/c1-11(2,3)7-9(8-14)13-10(15)12(4,5)6/h9,14H,7-8H2,1-6H3,(H,13,15)/t9-/m1/s1. The summed E-state index contributed by atoms with van der Waals surface area (Å²) in [6.45, 7) is 11.9. The Bertz CT molecular complexity index is 211. The molecule has 0 aromatic carbocycles. The highest BCUT2D eigenvalue weighted by Crippen LogP contribution is 2.21. The summed E-state index contributed by atoms with van der Waals surface area (Å²) in [5.74, 6) is -0.00852. The lowest BCUT2D eigenvalue weighted by atomic mass is 9.87. The first-order chi connectivity index (χ1) is 6.56. The van der Waals surface area contributed by atoms with Gasteiger partial charge in [0.2, 0.25) is 5.91 Å². The number of carbonyl (C=O) groups excluding carboxylic acids is 1. The first-order valence-corrected chi connectivity index (χ1v) is 5.48. The summed E-state index contributed by atoms with van der Waals surface area (Å²) in [5, 5.41) is 12.1. The molecule has 0 radical (unpaired) electrons. The van der Waals surface area contributed by atoms with Crippen LogP contribution >= 0.6 is 0 Å². The Morgan fingerprint density at radius 3 is 1.93 bits per heavy atom. The number of amides is 1. The summed E-state index contributed by atoms with van der Waals surface area (Å²) in [5.41, 5.74) is -0.288. The lowest BCUT2D eigenvalue weighted by Crippen LogP contribution is -2.45. The van der Waals surface area contributed by atoms with Crippen molar-refractivity contribution < 1.29 is 9.90 Å². The molecule has 15 heavy (non-hydrogen) atoms. The van der Waals surface area contributed by atoms with Crippen LogP contribution in [-0.4, -0.2) is 23.7 Å². The molecule has 0 bridgehead atoms. The molecule has 0 saturated heterocycles. The van der Waals surface area contributed by atoms with Gasteiger partial charge in [0.1, 0.15) is 0 Å². The maximum Gasteiger partial charge on any atom is 0.225 e. The summed E-state index contributed by atoms with van der Waals surface area (Å²) in [6.07, 6.45) is 0.783. The fourth-order valence-corrected chi connectivity index (χ4v) is 1.30. The van der Waals surface area contributed by atoms with E-state index in [0.29, 0.717) is 0 Å². The van der Waals surface area contributed by atoms with Gasteiger partial charge in [-0.15, -0.1) is 0 Å². The SMILES string of the molecule is CC(C)(C)C[C@H](CO)NC(=O)C(C)(C)C.